The Labute approximate surface area is 195 Å². The highest BCUT2D eigenvalue weighted by atomic mass is 16.5. The summed E-state index contributed by atoms with van der Waals surface area (Å²) in [6.45, 7) is 7.97. The van der Waals surface area contributed by atoms with Crippen molar-refractivity contribution in [2.45, 2.75) is 52.5 Å². The summed E-state index contributed by atoms with van der Waals surface area (Å²) in [6, 6.07) is 12.3. The van der Waals surface area contributed by atoms with E-state index < -0.39 is 5.97 Å². The molecule has 1 aromatic heterocycles. The van der Waals surface area contributed by atoms with E-state index in [1.54, 1.807) is 30.3 Å². The molecule has 33 heavy (non-hydrogen) atoms. The molecule has 0 aliphatic rings. The zero-order valence-electron chi connectivity index (χ0n) is 19.9. The van der Waals surface area contributed by atoms with Crippen LogP contribution in [0.5, 0.6) is 5.75 Å². The van der Waals surface area contributed by atoms with Crippen LogP contribution in [-0.4, -0.2) is 48.0 Å². The molecule has 3 aromatic rings. The maximum atomic E-state index is 13.4. The molecule has 6 nitrogen and oxygen atoms in total. The number of carboxylic acids is 1. The number of ketones is 1. The Morgan fingerprint density at radius 2 is 1.76 bits per heavy atom. The molecule has 0 aliphatic heterocycles. The summed E-state index contributed by atoms with van der Waals surface area (Å²) in [7, 11) is 2.10. The Morgan fingerprint density at radius 3 is 2.39 bits per heavy atom. The number of aryl methyl sites for hydroxylation is 1. The van der Waals surface area contributed by atoms with E-state index in [4.69, 9.17) is 9.15 Å². The molecule has 0 aliphatic carbocycles. The maximum Gasteiger partial charge on any atom is 0.335 e. The van der Waals surface area contributed by atoms with Gasteiger partial charge in [-0.15, -0.1) is 0 Å². The van der Waals surface area contributed by atoms with Gasteiger partial charge >= 0.3 is 5.97 Å². The largest absolute Gasteiger partial charge is 0.494 e. The van der Waals surface area contributed by atoms with Crippen LogP contribution in [0.2, 0.25) is 0 Å². The first-order valence-corrected chi connectivity index (χ1v) is 11.6. The standard InChI is InChI=1S/C27H33NO5/c1-5-6-8-24-25(22-17-20(27(30)31)11-14-23(22)33-24)26(29)19-9-12-21(13-10-19)32-16-7-15-28(4)18(2)3/h9-14,17-18H,5-8,15-16H2,1-4H3,(H,30,31). The molecule has 0 amide bonds. The van der Waals surface area contributed by atoms with Crippen LogP contribution in [0.4, 0.5) is 0 Å². The number of carboxylic acid groups (broad SMARTS) is 1. The minimum Gasteiger partial charge on any atom is -0.494 e. The number of hydrogen-bond acceptors (Lipinski definition) is 5. The molecule has 0 saturated carbocycles. The van der Waals surface area contributed by atoms with Crippen molar-refractivity contribution < 1.29 is 23.8 Å². The SMILES string of the molecule is CCCCc1oc2ccc(C(=O)O)cc2c1C(=O)c1ccc(OCCCN(C)C(C)C)cc1. The zero-order valence-corrected chi connectivity index (χ0v) is 19.9. The molecule has 0 radical (unpaired) electrons. The lowest BCUT2D eigenvalue weighted by atomic mass is 9.97. The predicted octanol–water partition coefficient (Wildman–Crippen LogP) is 5.81. The number of unbranched alkanes of at least 4 members (excludes halogenated alkanes) is 1. The highest BCUT2D eigenvalue weighted by Gasteiger charge is 2.23. The number of furan rings is 1. The third-order valence-corrected chi connectivity index (χ3v) is 5.91. The molecule has 0 atom stereocenters. The van der Waals surface area contributed by atoms with E-state index in [0.29, 0.717) is 46.9 Å². The second-order valence-corrected chi connectivity index (χ2v) is 8.65. The van der Waals surface area contributed by atoms with Crippen molar-refractivity contribution >= 4 is 22.7 Å². The van der Waals surface area contributed by atoms with Crippen molar-refractivity contribution in [1.29, 1.82) is 0 Å². The molecule has 0 saturated heterocycles. The highest BCUT2D eigenvalue weighted by Crippen LogP contribution is 2.31. The van der Waals surface area contributed by atoms with Gasteiger partial charge < -0.3 is 19.2 Å². The van der Waals surface area contributed by atoms with Crippen LogP contribution in [0, 0.1) is 0 Å². The number of fused-ring (bicyclic) bond motifs is 1. The minimum absolute atomic E-state index is 0.131. The van der Waals surface area contributed by atoms with E-state index in [1.165, 1.54) is 12.1 Å². The Bertz CT molecular complexity index is 1100. The molecule has 1 heterocycles. The van der Waals surface area contributed by atoms with Gasteiger partial charge in [0.05, 0.1) is 17.7 Å². The monoisotopic (exact) mass is 451 g/mol. The number of rotatable bonds is 12. The van der Waals surface area contributed by atoms with Gasteiger partial charge in [-0.3, -0.25) is 4.79 Å². The summed E-state index contributed by atoms with van der Waals surface area (Å²) < 4.78 is 11.8. The van der Waals surface area contributed by atoms with Gasteiger partial charge in [0.25, 0.3) is 0 Å². The maximum absolute atomic E-state index is 13.4. The summed E-state index contributed by atoms with van der Waals surface area (Å²) in [4.78, 5) is 27.2. The zero-order chi connectivity index (χ0) is 24.0. The average molecular weight is 452 g/mol. The van der Waals surface area contributed by atoms with Gasteiger partial charge in [-0.1, -0.05) is 13.3 Å². The fourth-order valence-electron chi connectivity index (χ4n) is 3.65. The van der Waals surface area contributed by atoms with Gasteiger partial charge in [0, 0.05) is 30.0 Å². The topological polar surface area (TPSA) is 80.0 Å². The fraction of sp³-hybridized carbons (Fsp3) is 0.407. The number of nitrogens with zero attached hydrogens (tertiary/aromatic N) is 1. The molecular formula is C27H33NO5. The highest BCUT2D eigenvalue weighted by molar-refractivity contribution is 6.17. The fourth-order valence-corrected chi connectivity index (χ4v) is 3.65. The summed E-state index contributed by atoms with van der Waals surface area (Å²) in [5, 5.41) is 9.93. The Morgan fingerprint density at radius 1 is 1.06 bits per heavy atom. The molecule has 2 aromatic carbocycles. The quantitative estimate of drug-likeness (QED) is 0.276. The van der Waals surface area contributed by atoms with E-state index in [2.05, 4.69) is 32.7 Å². The van der Waals surface area contributed by atoms with Crippen molar-refractivity contribution in [3.05, 3.63) is 64.9 Å². The van der Waals surface area contributed by atoms with Crippen LogP contribution in [0.1, 0.15) is 72.1 Å². The third-order valence-electron chi connectivity index (χ3n) is 5.91. The number of carbonyl (C=O) groups excluding carboxylic acids is 1. The van der Waals surface area contributed by atoms with Gasteiger partial charge in [-0.05, 0) is 76.2 Å². The van der Waals surface area contributed by atoms with E-state index in [-0.39, 0.29) is 11.3 Å². The first kappa shape index (κ1) is 24.5. The summed E-state index contributed by atoms with van der Waals surface area (Å²) in [6.07, 6.45) is 3.39. The smallest absolute Gasteiger partial charge is 0.335 e. The van der Waals surface area contributed by atoms with Crippen molar-refractivity contribution in [2.75, 3.05) is 20.2 Å². The first-order valence-electron chi connectivity index (χ1n) is 11.6. The van der Waals surface area contributed by atoms with Gasteiger partial charge in [-0.25, -0.2) is 4.79 Å². The van der Waals surface area contributed by atoms with Crippen LogP contribution >= 0.6 is 0 Å². The van der Waals surface area contributed by atoms with Gasteiger partial charge in [0.1, 0.15) is 17.1 Å². The van der Waals surface area contributed by atoms with Crippen LogP contribution in [0.25, 0.3) is 11.0 Å². The lowest BCUT2D eigenvalue weighted by Crippen LogP contribution is -2.28. The van der Waals surface area contributed by atoms with Crippen molar-refractivity contribution in [3.8, 4) is 5.75 Å². The van der Waals surface area contributed by atoms with E-state index in [0.717, 1.165) is 31.6 Å². The lowest BCUT2D eigenvalue weighted by Gasteiger charge is -2.20. The lowest BCUT2D eigenvalue weighted by molar-refractivity contribution is 0.0696. The normalized spacial score (nSPS) is 11.5. The van der Waals surface area contributed by atoms with Gasteiger partial charge in [0.15, 0.2) is 5.78 Å². The summed E-state index contributed by atoms with van der Waals surface area (Å²) in [5.41, 5.74) is 1.63. The van der Waals surface area contributed by atoms with Crippen molar-refractivity contribution in [2.24, 2.45) is 0 Å². The first-order chi connectivity index (χ1) is 15.8. The number of aromatic carboxylic acids is 1. The van der Waals surface area contributed by atoms with Crippen LogP contribution in [0.15, 0.2) is 46.9 Å². The Hall–Kier alpha value is -3.12. The Balaban J connectivity index is 1.79. The van der Waals surface area contributed by atoms with E-state index in [9.17, 15) is 14.7 Å². The number of benzene rings is 2. The molecule has 0 unspecified atom stereocenters. The Kier molecular flexibility index (Phi) is 8.28. The average Bonchev–Trinajstić information content (AvgIpc) is 3.17. The molecule has 176 valence electrons. The number of hydrogen-bond donors (Lipinski definition) is 1. The molecule has 1 N–H and O–H groups in total. The predicted molar refractivity (Wildman–Crippen MR) is 130 cm³/mol. The van der Waals surface area contributed by atoms with Crippen LogP contribution in [0.3, 0.4) is 0 Å². The summed E-state index contributed by atoms with van der Waals surface area (Å²) >= 11 is 0. The van der Waals surface area contributed by atoms with E-state index >= 15 is 0 Å². The van der Waals surface area contributed by atoms with Crippen molar-refractivity contribution in [1.82, 2.24) is 4.90 Å². The van der Waals surface area contributed by atoms with Crippen LogP contribution < -0.4 is 4.74 Å². The second-order valence-electron chi connectivity index (χ2n) is 8.65. The minimum atomic E-state index is -1.03. The number of carbonyl (C=O) groups is 2. The molecular weight excluding hydrogens is 418 g/mol. The van der Waals surface area contributed by atoms with Gasteiger partial charge in [-0.2, -0.15) is 0 Å². The summed E-state index contributed by atoms with van der Waals surface area (Å²) in [5.74, 6) is 0.115. The molecule has 3 rings (SSSR count). The van der Waals surface area contributed by atoms with Crippen molar-refractivity contribution in [3.63, 3.8) is 0 Å². The van der Waals surface area contributed by atoms with Gasteiger partial charge in [0.2, 0.25) is 0 Å². The molecule has 0 spiro atoms. The third kappa shape index (κ3) is 6.02. The van der Waals surface area contributed by atoms with E-state index in [1.807, 2.05) is 0 Å². The van der Waals surface area contributed by atoms with Crippen LogP contribution in [-0.2, 0) is 6.42 Å². The molecule has 0 bridgehead atoms. The molecule has 6 heteroatoms. The number of ether oxygens (including phenoxy) is 1. The molecule has 0 fully saturated rings. The second kappa shape index (κ2) is 11.1.